The largest absolute Gasteiger partial charge is 0.378 e. The van der Waals surface area contributed by atoms with Crippen LogP contribution in [0.25, 0.3) is 44.1 Å². The normalized spacial score (nSPS) is 13.4. The number of fused-ring (bicyclic) bond motifs is 2. The number of rotatable bonds is 6. The zero-order valence-electron chi connectivity index (χ0n) is 38.8. The first-order chi connectivity index (χ1) is 28.7. The fourth-order valence-corrected chi connectivity index (χ4v) is 8.87. The Morgan fingerprint density at radius 1 is 0.635 bits per heavy atom. The molecule has 2 aromatic carbocycles. The van der Waals surface area contributed by atoms with Crippen molar-refractivity contribution < 1.29 is 22.8 Å². The van der Waals surface area contributed by atoms with Crippen molar-refractivity contribution in [1.29, 1.82) is 0 Å². The molecule has 11 nitrogen and oxygen atoms in total. The van der Waals surface area contributed by atoms with Crippen LogP contribution in [0.4, 0.5) is 0 Å². The van der Waals surface area contributed by atoms with Gasteiger partial charge in [-0.1, -0.05) is 89.2 Å². The molecule has 0 aliphatic heterocycles. The average Bonchev–Trinajstić information content (AvgIpc) is 3.62. The summed E-state index contributed by atoms with van der Waals surface area (Å²) in [5.74, 6) is 15.5. The van der Waals surface area contributed by atoms with Crippen molar-refractivity contribution in [2.75, 3.05) is 12.5 Å². The number of hydrogen-bond acceptors (Lipinski definition) is 9. The van der Waals surface area contributed by atoms with Gasteiger partial charge in [-0.05, 0) is 85.3 Å². The van der Waals surface area contributed by atoms with Crippen LogP contribution >= 0.6 is 11.6 Å². The van der Waals surface area contributed by atoms with Crippen LogP contribution in [0.1, 0.15) is 103 Å². The number of aliphatic hydroxyl groups is 2. The Morgan fingerprint density at radius 2 is 1.08 bits per heavy atom. The predicted molar refractivity (Wildman–Crippen MR) is 260 cm³/mol. The molecule has 1 unspecified atom stereocenters. The third-order valence-electron chi connectivity index (χ3n) is 9.58. The molecule has 0 saturated heterocycles. The first-order valence-electron chi connectivity index (χ1n) is 20.3. The lowest BCUT2D eigenvalue weighted by Gasteiger charge is -2.22. The maximum atomic E-state index is 12.4. The number of nitrogens with zero attached hydrogens (tertiary/aromatic N) is 6. The van der Waals surface area contributed by atoms with E-state index in [0.29, 0.717) is 27.8 Å². The lowest BCUT2D eigenvalue weighted by Crippen LogP contribution is -2.17. The van der Waals surface area contributed by atoms with Gasteiger partial charge in [0.2, 0.25) is 0 Å². The van der Waals surface area contributed by atoms with E-state index in [9.17, 15) is 22.8 Å². The number of benzene rings is 2. The number of aryl methyl sites for hydroxylation is 2. The van der Waals surface area contributed by atoms with E-state index in [1.165, 1.54) is 6.26 Å². The summed E-state index contributed by atoms with van der Waals surface area (Å²) in [4.78, 5) is 9.66. The van der Waals surface area contributed by atoms with Gasteiger partial charge in [-0.2, -0.15) is 10.2 Å². The fraction of sp³-hybridized carbons (Fsp3) is 0.408. The minimum atomic E-state index is -3.21. The van der Waals surface area contributed by atoms with Crippen LogP contribution in [-0.4, -0.2) is 82.0 Å². The molecule has 14 heteroatoms. The Bertz CT molecular complexity index is 3100. The van der Waals surface area contributed by atoms with Crippen molar-refractivity contribution in [1.82, 2.24) is 29.5 Å². The van der Waals surface area contributed by atoms with E-state index in [1.54, 1.807) is 43.3 Å². The van der Waals surface area contributed by atoms with E-state index < -0.39 is 30.6 Å². The Labute approximate surface area is 378 Å². The number of sulfone groups is 1. The Morgan fingerprint density at radius 3 is 1.52 bits per heavy atom. The molecule has 6 aromatic rings. The molecule has 4 aromatic heterocycles. The van der Waals surface area contributed by atoms with Gasteiger partial charge in [-0.25, -0.2) is 18.4 Å². The van der Waals surface area contributed by atoms with Crippen LogP contribution in [0.5, 0.6) is 0 Å². The molecule has 63 heavy (non-hydrogen) atoms. The molecule has 0 fully saturated rings. The van der Waals surface area contributed by atoms with Crippen molar-refractivity contribution in [3.63, 3.8) is 0 Å². The summed E-state index contributed by atoms with van der Waals surface area (Å²) in [7, 11) is -1.81. The van der Waals surface area contributed by atoms with E-state index in [0.717, 1.165) is 55.4 Å². The minimum absolute atomic E-state index is 0.107. The summed E-state index contributed by atoms with van der Waals surface area (Å²) in [6.45, 7) is 19.1. The Hall–Kier alpha value is -5.02. The van der Waals surface area contributed by atoms with Crippen LogP contribution in [0.3, 0.4) is 0 Å². The van der Waals surface area contributed by atoms with Crippen molar-refractivity contribution in [2.45, 2.75) is 103 Å². The Kier molecular flexibility index (Phi) is 13.6. The monoisotopic (exact) mass is 910 g/mol. The van der Waals surface area contributed by atoms with Crippen LogP contribution in [0.15, 0.2) is 54.6 Å². The highest BCUT2D eigenvalue weighted by molar-refractivity contribution is 7.98. The van der Waals surface area contributed by atoms with E-state index >= 15 is 0 Å². The van der Waals surface area contributed by atoms with Gasteiger partial charge in [0.05, 0.1) is 50.3 Å². The predicted octanol–water partition coefficient (Wildman–Crippen LogP) is 8.15. The highest BCUT2D eigenvalue weighted by Gasteiger charge is 2.27. The van der Waals surface area contributed by atoms with Gasteiger partial charge < -0.3 is 10.2 Å². The topological polar surface area (TPSA) is 153 Å². The van der Waals surface area contributed by atoms with Crippen LogP contribution in [-0.2, 0) is 55.8 Å². The molecule has 1 atom stereocenters. The SMILES string of the molecule is C=S(C)(=O)Cc1nn(C)c2c(-c3ccc(C#CC(C)(C)O)nc3C(C)(C)C)ccc(Cl)c12.Cn1nc(CS(C)(=O)=O)c2cccc(-c3ccc(C#CC(C)(C)O)nc3C(C)(C)C)c21. The van der Waals surface area contributed by atoms with E-state index in [2.05, 4.69) is 81.3 Å². The maximum absolute atomic E-state index is 12.4. The quantitative estimate of drug-likeness (QED) is 0.125. The summed E-state index contributed by atoms with van der Waals surface area (Å²) in [6, 6.07) is 17.3. The zero-order chi connectivity index (χ0) is 47.2. The molecule has 0 saturated carbocycles. The van der Waals surface area contributed by atoms with E-state index in [1.807, 2.05) is 68.7 Å². The van der Waals surface area contributed by atoms with Crippen molar-refractivity contribution in [3.05, 3.63) is 93.8 Å². The highest BCUT2D eigenvalue weighted by atomic mass is 35.5. The summed E-state index contributed by atoms with van der Waals surface area (Å²) < 4.78 is 39.7. The summed E-state index contributed by atoms with van der Waals surface area (Å²) in [5, 5.41) is 31.2. The number of halogens is 1. The lowest BCUT2D eigenvalue weighted by atomic mass is 9.85. The summed E-state index contributed by atoms with van der Waals surface area (Å²) in [5.41, 5.74) is 6.93. The maximum Gasteiger partial charge on any atom is 0.153 e. The standard InChI is InChI=1S/C25H30ClN3O2S.C24H29N3O3S/c1-24(2,3)23-18(10-9-16(27-23)13-14-25(4,5)30)17-11-12-19(26)21-20(15-32(7,8)31)28-29(6)22(17)21;1-23(2,3)22-18(12-11-16(25-22)13-14-24(4,5)28)17-9-8-10-19-20(15-31(7,29)30)26-27(6)21(17)19/h9-12,30H,7,15H2,1-6,8H3;8-12,28H,15H2,1-7H3. The zero-order valence-corrected chi connectivity index (χ0v) is 41.2. The molecule has 2 N–H and O–H groups in total. The number of pyridine rings is 2. The molecule has 4 heterocycles. The molecule has 0 spiro atoms. The van der Waals surface area contributed by atoms with Gasteiger partial charge in [0, 0.05) is 70.5 Å². The van der Waals surface area contributed by atoms with Gasteiger partial charge in [0.1, 0.15) is 22.6 Å². The summed E-state index contributed by atoms with van der Waals surface area (Å²) in [6.07, 6.45) is 2.84. The van der Waals surface area contributed by atoms with E-state index in [-0.39, 0.29) is 22.3 Å². The van der Waals surface area contributed by atoms with Crippen LogP contribution in [0.2, 0.25) is 5.02 Å². The van der Waals surface area contributed by atoms with Gasteiger partial charge >= 0.3 is 0 Å². The number of aromatic nitrogens is 6. The molecular weight excluding hydrogens is 852 g/mol. The number of para-hydroxylation sites is 1. The molecule has 334 valence electrons. The molecule has 0 aliphatic rings. The third kappa shape index (κ3) is 12.4. The minimum Gasteiger partial charge on any atom is -0.378 e. The third-order valence-corrected chi connectivity index (χ3v) is 11.6. The molecule has 0 bridgehead atoms. The second-order valence-electron chi connectivity index (χ2n) is 19.4. The van der Waals surface area contributed by atoms with Crippen LogP contribution in [0, 0.1) is 23.7 Å². The van der Waals surface area contributed by atoms with Crippen molar-refractivity contribution in [2.24, 2.45) is 14.1 Å². The van der Waals surface area contributed by atoms with Crippen LogP contribution < -0.4 is 0 Å². The highest BCUT2D eigenvalue weighted by Crippen LogP contribution is 2.40. The summed E-state index contributed by atoms with van der Waals surface area (Å²) >= 11 is 6.58. The second-order valence-corrected chi connectivity index (χ2v) is 24.6. The second kappa shape index (κ2) is 17.5. The van der Waals surface area contributed by atoms with Gasteiger partial charge in [0.25, 0.3) is 0 Å². The molecule has 6 rings (SSSR count). The molecular formula is C49H59ClN6O5S2. The van der Waals surface area contributed by atoms with Crippen molar-refractivity contribution in [3.8, 4) is 45.9 Å². The molecule has 0 radical (unpaired) electrons. The first kappa shape index (κ1) is 49.0. The Balaban J connectivity index is 0.000000238. The van der Waals surface area contributed by atoms with Gasteiger partial charge in [-0.3, -0.25) is 13.6 Å². The average molecular weight is 912 g/mol. The van der Waals surface area contributed by atoms with Gasteiger partial charge in [0.15, 0.2) is 9.84 Å². The smallest absolute Gasteiger partial charge is 0.153 e. The van der Waals surface area contributed by atoms with E-state index in [4.69, 9.17) is 21.6 Å². The molecule has 0 amide bonds. The van der Waals surface area contributed by atoms with Gasteiger partial charge in [-0.15, -0.1) is 0 Å². The fourth-order valence-electron chi connectivity index (χ4n) is 7.12. The van der Waals surface area contributed by atoms with Crippen molar-refractivity contribution >= 4 is 58.6 Å². The lowest BCUT2D eigenvalue weighted by molar-refractivity contribution is 0.143. The number of hydrogen-bond donors (Lipinski definition) is 2. The first-order valence-corrected chi connectivity index (χ1v) is 25.1. The molecule has 0 aliphatic carbocycles.